The molecule has 3 aromatic heterocycles. The lowest BCUT2D eigenvalue weighted by Gasteiger charge is -2.28. The number of nitrogens with two attached hydrogens (primary N) is 8. The summed E-state index contributed by atoms with van der Waals surface area (Å²) in [6, 6.07) is -8.65. The third-order valence-corrected chi connectivity index (χ3v) is 18.5. The van der Waals surface area contributed by atoms with Crippen molar-refractivity contribution >= 4 is 137 Å². The molecule has 3 aromatic rings. The lowest BCUT2D eigenvalue weighted by atomic mass is 10.0. The van der Waals surface area contributed by atoms with Crippen molar-refractivity contribution in [2.24, 2.45) is 45.9 Å². The molecule has 1 aliphatic heterocycles. The molecule has 4 heterocycles. The molecule has 45 heteroatoms. The molecule has 3 unspecified atom stereocenters. The van der Waals surface area contributed by atoms with Crippen LogP contribution in [0, 0.1) is 32.5 Å². The lowest BCUT2D eigenvalue weighted by Crippen LogP contribution is -2.60. The zero-order chi connectivity index (χ0) is 79.8. The first-order chi connectivity index (χ1) is 51.3. The highest BCUT2D eigenvalue weighted by atomic mass is 79.9. The van der Waals surface area contributed by atoms with Gasteiger partial charge < -0.3 is 130 Å². The SMILES string of the molecule is N=C(N)NCCCC(NC(=O)[C@@H](CCCNC(=N)N)NC(=O)CCCCCNC(=O)[C@H]1C[C@H](O)CN1Cc1nc2c(sc3cc(Br)cnc32)c(=O)[nH]1)C(=O)N[C@H](CCCNC(=N)N)C(=O)NC(CCCNC(=N)N)C(=O)N[C@H](CCCNC(=N)N)C(=O)NC(CCCNC(=N)N)C(=O)N[C@H](CCCCN)C(N)=O. The van der Waals surface area contributed by atoms with Crippen LogP contribution in [-0.2, 0) is 49.7 Å². The number of fused-ring (bicyclic) bond motifs is 3. The Balaban J connectivity index is 1.54. The third-order valence-electron chi connectivity index (χ3n) is 16.9. The number of likely N-dealkylation sites (tertiary alicyclic amines) is 1. The molecule has 108 heavy (non-hydrogen) atoms. The monoisotopic (exact) mass is 1600 g/mol. The molecule has 9 atom stereocenters. The number of hydrogen-bond donors (Lipinski definition) is 30. The van der Waals surface area contributed by atoms with Gasteiger partial charge in [0, 0.05) is 69.4 Å². The Morgan fingerprint density at radius 1 is 0.509 bits per heavy atom. The number of halogens is 1. The largest absolute Gasteiger partial charge is 0.392 e. The molecule has 600 valence electrons. The number of hydrogen-bond acceptors (Lipinski definition) is 22. The Bertz CT molecular complexity index is 3640. The molecule has 1 fully saturated rings. The highest BCUT2D eigenvalue weighted by Crippen LogP contribution is 2.31. The number of aliphatic hydroxyl groups is 1. The van der Waals surface area contributed by atoms with E-state index in [1.54, 1.807) is 11.1 Å². The molecular formula is C63H109BrN32O11S. The van der Waals surface area contributed by atoms with Crippen LogP contribution in [0.4, 0.5) is 0 Å². The number of β-amino-alcohol motifs (C(OH)–C–C–N with tert-alkyl or cyclic N) is 1. The van der Waals surface area contributed by atoms with Gasteiger partial charge in [0.05, 0.1) is 23.4 Å². The summed E-state index contributed by atoms with van der Waals surface area (Å²) in [6.45, 7) is 1.06. The topological polar surface area (TPSA) is 755 Å². The van der Waals surface area contributed by atoms with E-state index in [4.69, 9.17) is 78.3 Å². The van der Waals surface area contributed by atoms with Crippen LogP contribution in [0.25, 0.3) is 20.4 Å². The molecule has 43 nitrogen and oxygen atoms in total. The molecule has 0 bridgehead atoms. The van der Waals surface area contributed by atoms with E-state index in [9.17, 15) is 53.1 Å². The summed E-state index contributed by atoms with van der Waals surface area (Å²) >= 11 is 4.66. The van der Waals surface area contributed by atoms with Crippen LogP contribution in [0.2, 0.25) is 0 Å². The quantitative estimate of drug-likeness (QED) is 0.0142. The van der Waals surface area contributed by atoms with E-state index in [0.717, 1.165) is 9.17 Å². The number of aromatic amines is 1. The number of thiophene rings is 1. The lowest BCUT2D eigenvalue weighted by molar-refractivity contribution is -0.136. The van der Waals surface area contributed by atoms with E-state index in [0.29, 0.717) is 60.2 Å². The number of aromatic nitrogens is 3. The maximum Gasteiger partial charge on any atom is 0.269 e. The van der Waals surface area contributed by atoms with Gasteiger partial charge >= 0.3 is 0 Å². The predicted octanol–water partition coefficient (Wildman–Crippen LogP) is -6.51. The Morgan fingerprint density at radius 3 is 1.26 bits per heavy atom. The van der Waals surface area contributed by atoms with Crippen LogP contribution in [0.15, 0.2) is 21.5 Å². The van der Waals surface area contributed by atoms with Crippen molar-refractivity contribution in [2.75, 3.05) is 58.9 Å². The van der Waals surface area contributed by atoms with Crippen LogP contribution in [-0.4, -0.2) is 227 Å². The number of carbonyl (C=O) groups excluding carboxylic acids is 9. The zero-order valence-corrected chi connectivity index (χ0v) is 62.7. The molecule has 4 rings (SSSR count). The summed E-state index contributed by atoms with van der Waals surface area (Å²) in [5, 5.41) is 93.9. The Morgan fingerprint density at radius 2 is 0.880 bits per heavy atom. The molecular weight excluding hydrogens is 1490 g/mol. The summed E-state index contributed by atoms with van der Waals surface area (Å²) in [5.74, 6) is -9.08. The van der Waals surface area contributed by atoms with Gasteiger partial charge in [-0.15, -0.1) is 11.3 Å². The summed E-state index contributed by atoms with van der Waals surface area (Å²) in [6.07, 6.45) is 3.05. The fourth-order valence-corrected chi connectivity index (χ4v) is 13.0. The van der Waals surface area contributed by atoms with Gasteiger partial charge in [0.25, 0.3) is 5.56 Å². The van der Waals surface area contributed by atoms with Crippen LogP contribution in [0.3, 0.4) is 0 Å². The van der Waals surface area contributed by atoms with Crippen molar-refractivity contribution < 1.29 is 48.3 Å². The minimum Gasteiger partial charge on any atom is -0.392 e. The normalized spacial score (nSPS) is 15.2. The van der Waals surface area contributed by atoms with Crippen molar-refractivity contribution in [1.29, 1.82) is 32.5 Å². The highest BCUT2D eigenvalue weighted by Gasteiger charge is 2.38. The van der Waals surface area contributed by atoms with Crippen molar-refractivity contribution in [2.45, 2.75) is 189 Å². The second-order valence-corrected chi connectivity index (χ2v) is 27.8. The number of guanidine groups is 6. The summed E-state index contributed by atoms with van der Waals surface area (Å²) in [4.78, 5) is 154. The van der Waals surface area contributed by atoms with Gasteiger partial charge in [-0.05, 0) is 144 Å². The summed E-state index contributed by atoms with van der Waals surface area (Å²) in [7, 11) is 0. The summed E-state index contributed by atoms with van der Waals surface area (Å²) in [5.41, 5.74) is 45.1. The number of primary amides is 1. The highest BCUT2D eigenvalue weighted by molar-refractivity contribution is 9.10. The average molecular weight is 1600 g/mol. The third kappa shape index (κ3) is 33.9. The van der Waals surface area contributed by atoms with Gasteiger partial charge in [-0.25, -0.2) is 4.98 Å². The van der Waals surface area contributed by atoms with Gasteiger partial charge in [-0.3, -0.25) is 90.3 Å². The van der Waals surface area contributed by atoms with Crippen molar-refractivity contribution in [3.8, 4) is 0 Å². The molecule has 0 spiro atoms. The molecule has 0 aromatic carbocycles. The van der Waals surface area contributed by atoms with Crippen LogP contribution in [0.5, 0.6) is 0 Å². The maximum absolute atomic E-state index is 14.8. The number of unbranched alkanes of at least 4 members (excludes halogenated alkanes) is 3. The van der Waals surface area contributed by atoms with E-state index >= 15 is 0 Å². The second kappa shape index (κ2) is 47.9. The Kier molecular flexibility index (Phi) is 39.9. The zero-order valence-electron chi connectivity index (χ0n) is 60.3. The molecule has 0 radical (unpaired) electrons. The molecule has 1 saturated heterocycles. The van der Waals surface area contributed by atoms with E-state index in [1.807, 2.05) is 6.07 Å². The fraction of sp³-hybridized carbons (Fsp3) is 0.619. The van der Waals surface area contributed by atoms with Gasteiger partial charge in [-0.1, -0.05) is 6.42 Å². The molecule has 38 N–H and O–H groups in total. The van der Waals surface area contributed by atoms with E-state index in [1.165, 1.54) is 11.3 Å². The molecule has 9 amide bonds. The standard InChI is InChI=1S/C63H109BrN32O11S/c64-33-28-43-46(86-30-33)47-48(108-43)57(107)95-44(94-47)32-96-31-34(97)29-42(96)56(106)79-21-5-1-2-19-45(98)87-36(13-6-22-80-58(67)68)50(100)89-38(15-8-24-82-60(71)72)52(102)91-40(17-10-26-84-62(75)76)54(104)93-41(18-11-27-85-63(77)78)55(105)92-39(16-9-25-83-61(73)74)53(103)90-37(14-7-23-81-59(69)70)51(101)88-35(49(66)99)12-3-4-20-65/h28,30,34-42,97H,1-27,29,31-32,65H2,(H2,66,99)(H,79,106)(H,87,98)(H,88,101)(H,89,100)(H,90,103)(H,91,102)(H,92,105)(H,93,104)(H4,67,68,80)(H4,69,70,81)(H4,71,72,82)(H4,73,74,83)(H4,75,76,84)(H4,77,78,85)(H,94,95,107)/t34-,35+,36+,37?,38?,39+,40+,41?,42+/m0/s1. The average Bonchev–Trinajstić information content (AvgIpc) is 1.62. The van der Waals surface area contributed by atoms with Crippen molar-refractivity contribution in [3.05, 3.63) is 32.9 Å². The minimum atomic E-state index is -1.52. The Labute approximate surface area is 635 Å². The van der Waals surface area contributed by atoms with Crippen molar-refractivity contribution in [1.82, 2.24) is 94.3 Å². The smallest absolute Gasteiger partial charge is 0.269 e. The van der Waals surface area contributed by atoms with E-state index in [-0.39, 0.29) is 179 Å². The minimum absolute atomic E-state index is 0.0149. The first kappa shape index (κ1) is 89.9. The van der Waals surface area contributed by atoms with E-state index < -0.39 is 126 Å². The van der Waals surface area contributed by atoms with Crippen molar-refractivity contribution in [3.63, 3.8) is 0 Å². The molecule has 0 saturated carbocycles. The number of pyridine rings is 1. The first-order valence-electron chi connectivity index (χ1n) is 35.6. The van der Waals surface area contributed by atoms with Crippen LogP contribution in [0.1, 0.15) is 134 Å². The van der Waals surface area contributed by atoms with E-state index in [2.05, 4.69) is 105 Å². The fourth-order valence-electron chi connectivity index (χ4n) is 11.5. The van der Waals surface area contributed by atoms with Crippen LogP contribution >= 0.6 is 27.3 Å². The Hall–Kier alpha value is -10.5. The molecule has 1 aliphatic rings. The second-order valence-electron chi connectivity index (χ2n) is 25.8. The maximum atomic E-state index is 14.8. The number of rotatable bonds is 51. The number of aliphatic hydroxyl groups excluding tert-OH is 1. The number of H-pyrrole nitrogens is 1. The van der Waals surface area contributed by atoms with Gasteiger partial charge in [0.2, 0.25) is 53.2 Å². The number of nitrogens with one attached hydrogen (secondary N) is 21. The van der Waals surface area contributed by atoms with Gasteiger partial charge in [0.15, 0.2) is 35.8 Å². The predicted molar refractivity (Wildman–Crippen MR) is 410 cm³/mol. The van der Waals surface area contributed by atoms with Crippen LogP contribution < -0.4 is 126 Å². The molecule has 0 aliphatic carbocycles. The first-order valence-corrected chi connectivity index (χ1v) is 37.2. The number of amides is 9. The summed E-state index contributed by atoms with van der Waals surface area (Å²) < 4.78 is 1.92. The van der Waals surface area contributed by atoms with Gasteiger partial charge in [0.1, 0.15) is 63.9 Å². The number of nitrogens with zero attached hydrogens (tertiary/aromatic N) is 3. The number of carbonyl (C=O) groups is 9. The van der Waals surface area contributed by atoms with Gasteiger partial charge in [-0.2, -0.15) is 0 Å².